The Bertz CT molecular complexity index is 243. The van der Waals surface area contributed by atoms with E-state index in [0.29, 0.717) is 15.4 Å². The Kier molecular flexibility index (Phi) is 10.5. The SMILES string of the molecule is CCC(CC(Br)Br)C(CC)(CCCCBr)C(C)=O. The van der Waals surface area contributed by atoms with Gasteiger partial charge in [-0.15, -0.1) is 0 Å². The Hall–Kier alpha value is 1.11. The number of carbonyl (C=O) groups is 1. The second-order valence-corrected chi connectivity index (χ2v) is 9.18. The molecule has 1 nitrogen and oxygen atoms in total. The number of ketones is 1. The van der Waals surface area contributed by atoms with Crippen LogP contribution in [0.1, 0.15) is 59.3 Å². The van der Waals surface area contributed by atoms with Crippen molar-refractivity contribution in [2.24, 2.45) is 11.3 Å². The number of Topliss-reactive ketones (excluding diaryl/α,β-unsaturated/α-hetero) is 1. The number of alkyl halides is 3. The summed E-state index contributed by atoms with van der Waals surface area (Å²) < 4.78 is 0.302. The molecule has 0 saturated carbocycles. The maximum Gasteiger partial charge on any atom is 0.136 e. The molecule has 0 heterocycles. The number of unbranched alkanes of at least 4 members (excludes halogenated alkanes) is 1. The number of hydrogen-bond donors (Lipinski definition) is 0. The molecule has 0 fully saturated rings. The highest BCUT2D eigenvalue weighted by Crippen LogP contribution is 2.43. The summed E-state index contributed by atoms with van der Waals surface area (Å²) in [7, 11) is 0. The zero-order valence-electron chi connectivity index (χ0n) is 11.6. The monoisotopic (exact) mass is 446 g/mol. The van der Waals surface area contributed by atoms with Crippen molar-refractivity contribution in [3.8, 4) is 0 Å². The predicted molar refractivity (Wildman–Crippen MR) is 91.1 cm³/mol. The zero-order valence-corrected chi connectivity index (χ0v) is 16.4. The van der Waals surface area contributed by atoms with Crippen molar-refractivity contribution >= 4 is 53.6 Å². The fourth-order valence-electron chi connectivity index (χ4n) is 2.92. The van der Waals surface area contributed by atoms with Crippen LogP contribution in [0.5, 0.6) is 0 Å². The molecular formula is C14H25Br3O. The lowest BCUT2D eigenvalue weighted by Crippen LogP contribution is -2.37. The van der Waals surface area contributed by atoms with Crippen molar-refractivity contribution in [2.75, 3.05) is 5.33 Å². The minimum atomic E-state index is -0.128. The van der Waals surface area contributed by atoms with Crippen molar-refractivity contribution < 1.29 is 4.79 Å². The molecule has 18 heavy (non-hydrogen) atoms. The van der Waals surface area contributed by atoms with Crippen LogP contribution in [0.3, 0.4) is 0 Å². The fourth-order valence-corrected chi connectivity index (χ4v) is 4.21. The van der Waals surface area contributed by atoms with E-state index in [9.17, 15) is 4.79 Å². The van der Waals surface area contributed by atoms with E-state index in [-0.39, 0.29) is 5.41 Å². The lowest BCUT2D eigenvalue weighted by Gasteiger charge is -2.38. The second kappa shape index (κ2) is 9.93. The molecule has 2 unspecified atom stereocenters. The second-order valence-electron chi connectivity index (χ2n) is 4.94. The summed E-state index contributed by atoms with van der Waals surface area (Å²) in [5.41, 5.74) is -0.128. The Morgan fingerprint density at radius 1 is 1.22 bits per heavy atom. The largest absolute Gasteiger partial charge is 0.299 e. The Labute approximate surface area is 137 Å². The molecular weight excluding hydrogens is 424 g/mol. The van der Waals surface area contributed by atoms with Crippen molar-refractivity contribution in [1.82, 2.24) is 0 Å². The average molecular weight is 449 g/mol. The summed E-state index contributed by atoms with van der Waals surface area (Å²) in [6.45, 7) is 6.14. The molecule has 0 aromatic rings. The first-order valence-corrected chi connectivity index (χ1v) is 9.75. The van der Waals surface area contributed by atoms with Crippen molar-refractivity contribution in [1.29, 1.82) is 0 Å². The van der Waals surface area contributed by atoms with Crippen LogP contribution in [0.15, 0.2) is 0 Å². The van der Waals surface area contributed by atoms with E-state index >= 15 is 0 Å². The van der Waals surface area contributed by atoms with E-state index < -0.39 is 0 Å². The van der Waals surface area contributed by atoms with Gasteiger partial charge < -0.3 is 0 Å². The summed E-state index contributed by atoms with van der Waals surface area (Å²) in [5.74, 6) is 0.825. The van der Waals surface area contributed by atoms with Gasteiger partial charge in [-0.3, -0.25) is 4.79 Å². The quantitative estimate of drug-likeness (QED) is 0.293. The summed E-state index contributed by atoms with van der Waals surface area (Å²) in [5, 5.41) is 1.03. The van der Waals surface area contributed by atoms with Crippen LogP contribution in [0.2, 0.25) is 0 Å². The minimum Gasteiger partial charge on any atom is -0.299 e. The molecule has 0 aliphatic rings. The third-order valence-electron chi connectivity index (χ3n) is 4.08. The molecule has 0 rings (SSSR count). The van der Waals surface area contributed by atoms with Crippen LogP contribution in [-0.2, 0) is 4.79 Å². The van der Waals surface area contributed by atoms with Crippen LogP contribution in [0.4, 0.5) is 0 Å². The van der Waals surface area contributed by atoms with Gasteiger partial charge in [-0.1, -0.05) is 74.5 Å². The molecule has 0 amide bonds. The van der Waals surface area contributed by atoms with Gasteiger partial charge in [0.05, 0.1) is 3.74 Å². The van der Waals surface area contributed by atoms with Gasteiger partial charge in [-0.05, 0) is 38.5 Å². The van der Waals surface area contributed by atoms with E-state index in [4.69, 9.17) is 0 Å². The van der Waals surface area contributed by atoms with E-state index in [0.717, 1.165) is 43.9 Å². The lowest BCUT2D eigenvalue weighted by molar-refractivity contribution is -0.131. The summed E-state index contributed by atoms with van der Waals surface area (Å²) in [6, 6.07) is 0. The van der Waals surface area contributed by atoms with Crippen LogP contribution >= 0.6 is 47.8 Å². The molecule has 0 N–H and O–H groups in total. The minimum absolute atomic E-state index is 0.128. The summed E-state index contributed by atoms with van der Waals surface area (Å²) in [6.07, 6.45) is 6.33. The first kappa shape index (κ1) is 19.1. The fraction of sp³-hybridized carbons (Fsp3) is 0.929. The Balaban J connectivity index is 4.95. The zero-order chi connectivity index (χ0) is 14.2. The molecule has 2 atom stereocenters. The summed E-state index contributed by atoms with van der Waals surface area (Å²) >= 11 is 10.6. The van der Waals surface area contributed by atoms with Crippen molar-refractivity contribution in [3.63, 3.8) is 0 Å². The molecule has 0 aromatic heterocycles. The molecule has 108 valence electrons. The maximum absolute atomic E-state index is 12.2. The number of rotatable bonds is 10. The molecule has 0 radical (unpaired) electrons. The smallest absolute Gasteiger partial charge is 0.136 e. The lowest BCUT2D eigenvalue weighted by atomic mass is 9.65. The van der Waals surface area contributed by atoms with E-state index in [1.807, 2.05) is 0 Å². The first-order chi connectivity index (χ1) is 8.44. The van der Waals surface area contributed by atoms with Crippen LogP contribution in [-0.4, -0.2) is 14.8 Å². The normalized spacial score (nSPS) is 16.6. The molecule has 0 aromatic carbocycles. The van der Waals surface area contributed by atoms with Gasteiger partial charge in [-0.2, -0.15) is 0 Å². The van der Waals surface area contributed by atoms with Crippen LogP contribution < -0.4 is 0 Å². The van der Waals surface area contributed by atoms with E-state index in [2.05, 4.69) is 61.6 Å². The Morgan fingerprint density at radius 3 is 2.17 bits per heavy atom. The summed E-state index contributed by atoms with van der Waals surface area (Å²) in [4.78, 5) is 12.2. The van der Waals surface area contributed by atoms with Crippen molar-refractivity contribution in [3.05, 3.63) is 0 Å². The number of carbonyl (C=O) groups excluding carboxylic acids is 1. The topological polar surface area (TPSA) is 17.1 Å². The van der Waals surface area contributed by atoms with Crippen LogP contribution in [0, 0.1) is 11.3 Å². The molecule has 0 spiro atoms. The maximum atomic E-state index is 12.2. The number of hydrogen-bond acceptors (Lipinski definition) is 1. The van der Waals surface area contributed by atoms with Crippen LogP contribution in [0.25, 0.3) is 0 Å². The molecule has 0 aliphatic carbocycles. The predicted octanol–water partition coefficient (Wildman–Crippen LogP) is 6.07. The van der Waals surface area contributed by atoms with Gasteiger partial charge in [0, 0.05) is 10.7 Å². The highest BCUT2D eigenvalue weighted by molar-refractivity contribution is 9.24. The standard InChI is InChI=1S/C14H25Br3O/c1-4-12(10-13(16)17)14(5-2,11(3)18)8-6-7-9-15/h12-13H,4-10H2,1-3H3. The van der Waals surface area contributed by atoms with E-state index in [1.165, 1.54) is 0 Å². The van der Waals surface area contributed by atoms with Gasteiger partial charge in [0.15, 0.2) is 0 Å². The highest BCUT2D eigenvalue weighted by Gasteiger charge is 2.40. The molecule has 4 heteroatoms. The van der Waals surface area contributed by atoms with E-state index in [1.54, 1.807) is 6.92 Å². The van der Waals surface area contributed by atoms with Gasteiger partial charge >= 0.3 is 0 Å². The third kappa shape index (κ3) is 5.62. The molecule has 0 saturated heterocycles. The third-order valence-corrected chi connectivity index (χ3v) is 5.38. The number of halogens is 3. The van der Waals surface area contributed by atoms with Crippen molar-refractivity contribution in [2.45, 2.75) is 63.0 Å². The van der Waals surface area contributed by atoms with Gasteiger partial charge in [0.2, 0.25) is 0 Å². The highest BCUT2D eigenvalue weighted by atomic mass is 79.9. The average Bonchev–Trinajstić information content (AvgIpc) is 2.32. The molecule has 0 aliphatic heterocycles. The first-order valence-electron chi connectivity index (χ1n) is 6.79. The Morgan fingerprint density at radius 2 is 1.83 bits per heavy atom. The van der Waals surface area contributed by atoms with Gasteiger partial charge in [-0.25, -0.2) is 0 Å². The van der Waals surface area contributed by atoms with Gasteiger partial charge in [0.1, 0.15) is 5.78 Å². The van der Waals surface area contributed by atoms with Gasteiger partial charge in [0.25, 0.3) is 0 Å². The molecule has 0 bridgehead atoms.